The molecule has 0 radical (unpaired) electrons. The summed E-state index contributed by atoms with van der Waals surface area (Å²) in [6.07, 6.45) is 1.22. The molecule has 5 nitrogen and oxygen atoms in total. The normalized spacial score (nSPS) is 18.4. The molecule has 38 heavy (non-hydrogen) atoms. The first-order chi connectivity index (χ1) is 18.7. The third kappa shape index (κ3) is 4.88. The molecule has 6 rings (SSSR count). The maximum atomic E-state index is 13.8. The molecule has 0 fully saturated rings. The number of Topliss-reactive ketones (excluding diaryl/α,β-unsaturated/α-hetero) is 1. The first kappa shape index (κ1) is 23.9. The van der Waals surface area contributed by atoms with E-state index in [1.165, 1.54) is 0 Å². The van der Waals surface area contributed by atoms with Gasteiger partial charge in [0.2, 0.25) is 0 Å². The number of carbonyl (C=O) groups excluding carboxylic acids is 1. The van der Waals surface area contributed by atoms with Crippen molar-refractivity contribution in [2.24, 2.45) is 0 Å². The first-order valence-corrected chi connectivity index (χ1v) is 13.0. The van der Waals surface area contributed by atoms with E-state index in [1.807, 2.05) is 60.7 Å². The van der Waals surface area contributed by atoms with Crippen molar-refractivity contribution >= 4 is 17.2 Å². The third-order valence-corrected chi connectivity index (χ3v) is 7.34. The van der Waals surface area contributed by atoms with Crippen molar-refractivity contribution in [3.63, 3.8) is 0 Å². The number of hydrogen-bond acceptors (Lipinski definition) is 5. The molecule has 0 spiro atoms. The molecule has 1 heterocycles. The Labute approximate surface area is 223 Å². The highest BCUT2D eigenvalue weighted by Crippen LogP contribution is 2.44. The average Bonchev–Trinajstić information content (AvgIpc) is 3.14. The van der Waals surface area contributed by atoms with Crippen LogP contribution < -0.4 is 20.1 Å². The summed E-state index contributed by atoms with van der Waals surface area (Å²) < 4.78 is 11.5. The molecule has 1 aliphatic heterocycles. The molecule has 4 aromatic rings. The van der Waals surface area contributed by atoms with E-state index in [0.717, 1.165) is 57.3 Å². The Hall–Kier alpha value is -4.51. The maximum Gasteiger partial charge on any atom is 0.163 e. The van der Waals surface area contributed by atoms with Gasteiger partial charge in [-0.25, -0.2) is 0 Å². The van der Waals surface area contributed by atoms with E-state index < -0.39 is 0 Å². The Bertz CT molecular complexity index is 1480. The van der Waals surface area contributed by atoms with Gasteiger partial charge in [-0.3, -0.25) is 4.79 Å². The Balaban J connectivity index is 1.34. The zero-order valence-electron chi connectivity index (χ0n) is 21.3. The van der Waals surface area contributed by atoms with E-state index >= 15 is 0 Å². The number of carbonyl (C=O) groups is 1. The fourth-order valence-electron chi connectivity index (χ4n) is 5.38. The number of allylic oxidation sites excluding steroid dienone is 1. The topological polar surface area (TPSA) is 59.6 Å². The standard InChI is InChI=1S/C33H30N2O3/c1-37-26-16-14-23(15-17-26)25-19-30-32(31(36)20-25)33(35-29-13-6-5-12-28(29)34-30)24-10-7-11-27(18-24)38-21-22-8-3-2-4-9-22/h2-18,25,33-35H,19-21H2,1H3/t25-,33+/m1/s1. The summed E-state index contributed by atoms with van der Waals surface area (Å²) in [7, 11) is 1.66. The fraction of sp³-hybridized carbons (Fsp3) is 0.182. The summed E-state index contributed by atoms with van der Waals surface area (Å²) in [5, 5.41) is 7.28. The quantitative estimate of drug-likeness (QED) is 0.291. The molecule has 0 saturated carbocycles. The van der Waals surface area contributed by atoms with Gasteiger partial charge in [0.25, 0.3) is 0 Å². The number of methoxy groups -OCH3 is 1. The highest BCUT2D eigenvalue weighted by atomic mass is 16.5. The molecule has 2 aliphatic rings. The van der Waals surface area contributed by atoms with Crippen molar-refractivity contribution in [2.75, 3.05) is 17.7 Å². The monoisotopic (exact) mass is 502 g/mol. The SMILES string of the molecule is COc1ccc([C@H]2CC(=O)C3=C(C2)Nc2ccccc2N[C@H]3c2cccc(OCc3ccccc3)c2)cc1. The maximum absolute atomic E-state index is 13.8. The lowest BCUT2D eigenvalue weighted by Crippen LogP contribution is -2.26. The van der Waals surface area contributed by atoms with Crippen LogP contribution >= 0.6 is 0 Å². The summed E-state index contributed by atoms with van der Waals surface area (Å²) in [6.45, 7) is 0.489. The Morgan fingerprint density at radius 2 is 1.53 bits per heavy atom. The molecule has 190 valence electrons. The van der Waals surface area contributed by atoms with E-state index in [2.05, 4.69) is 53.1 Å². The molecule has 0 amide bonds. The number of rotatable bonds is 6. The van der Waals surface area contributed by atoms with Crippen LogP contribution in [-0.4, -0.2) is 12.9 Å². The second-order valence-corrected chi connectivity index (χ2v) is 9.79. The molecule has 1 aliphatic carbocycles. The number of anilines is 2. The molecular weight excluding hydrogens is 472 g/mol. The smallest absolute Gasteiger partial charge is 0.163 e. The Morgan fingerprint density at radius 1 is 0.763 bits per heavy atom. The zero-order chi connectivity index (χ0) is 25.9. The minimum atomic E-state index is -0.286. The summed E-state index contributed by atoms with van der Waals surface area (Å²) in [5.74, 6) is 1.85. The van der Waals surface area contributed by atoms with Crippen LogP contribution in [0.1, 0.15) is 41.5 Å². The van der Waals surface area contributed by atoms with Crippen molar-refractivity contribution < 1.29 is 14.3 Å². The van der Waals surface area contributed by atoms with Crippen molar-refractivity contribution in [3.8, 4) is 11.5 Å². The lowest BCUT2D eigenvalue weighted by molar-refractivity contribution is -0.116. The fourth-order valence-corrected chi connectivity index (χ4v) is 5.38. The minimum Gasteiger partial charge on any atom is -0.497 e. The Kier molecular flexibility index (Phi) is 6.57. The van der Waals surface area contributed by atoms with E-state index in [-0.39, 0.29) is 17.7 Å². The van der Waals surface area contributed by atoms with Crippen molar-refractivity contribution in [3.05, 3.63) is 131 Å². The summed E-state index contributed by atoms with van der Waals surface area (Å²) in [5.41, 5.74) is 6.97. The molecule has 2 atom stereocenters. The number of nitrogens with one attached hydrogen (secondary N) is 2. The first-order valence-electron chi connectivity index (χ1n) is 13.0. The molecule has 0 bridgehead atoms. The van der Waals surface area contributed by atoms with E-state index in [0.29, 0.717) is 13.0 Å². The van der Waals surface area contributed by atoms with E-state index in [9.17, 15) is 4.79 Å². The lowest BCUT2D eigenvalue weighted by Gasteiger charge is -2.30. The van der Waals surface area contributed by atoms with Gasteiger partial charge in [-0.2, -0.15) is 0 Å². The van der Waals surface area contributed by atoms with Gasteiger partial charge >= 0.3 is 0 Å². The third-order valence-electron chi connectivity index (χ3n) is 7.34. The molecule has 5 heteroatoms. The average molecular weight is 503 g/mol. The van der Waals surface area contributed by atoms with E-state index in [4.69, 9.17) is 9.47 Å². The second kappa shape index (κ2) is 10.5. The van der Waals surface area contributed by atoms with Gasteiger partial charge < -0.3 is 20.1 Å². The van der Waals surface area contributed by atoms with Crippen LogP contribution in [0.5, 0.6) is 11.5 Å². The largest absolute Gasteiger partial charge is 0.497 e. The van der Waals surface area contributed by atoms with Crippen LogP contribution in [0.15, 0.2) is 114 Å². The number of para-hydroxylation sites is 2. The van der Waals surface area contributed by atoms with Crippen molar-refractivity contribution in [2.45, 2.75) is 31.4 Å². The van der Waals surface area contributed by atoms with Gasteiger partial charge in [-0.05, 0) is 65.4 Å². The van der Waals surface area contributed by atoms with E-state index in [1.54, 1.807) is 7.11 Å². The molecule has 0 saturated heterocycles. The van der Waals surface area contributed by atoms with Gasteiger partial charge in [0, 0.05) is 17.7 Å². The Morgan fingerprint density at radius 3 is 2.32 bits per heavy atom. The summed E-state index contributed by atoms with van der Waals surface area (Å²) in [6, 6.07) is 34.1. The van der Waals surface area contributed by atoms with Crippen LogP contribution in [0.3, 0.4) is 0 Å². The van der Waals surface area contributed by atoms with Gasteiger partial charge in [0.1, 0.15) is 18.1 Å². The minimum absolute atomic E-state index is 0.103. The predicted octanol–water partition coefficient (Wildman–Crippen LogP) is 7.25. The predicted molar refractivity (Wildman–Crippen MR) is 151 cm³/mol. The van der Waals surface area contributed by atoms with Crippen LogP contribution in [0.4, 0.5) is 11.4 Å². The number of ether oxygens (including phenoxy) is 2. The van der Waals surface area contributed by atoms with Gasteiger partial charge in [-0.15, -0.1) is 0 Å². The molecule has 0 aromatic heterocycles. The van der Waals surface area contributed by atoms with Crippen molar-refractivity contribution in [1.82, 2.24) is 0 Å². The second-order valence-electron chi connectivity index (χ2n) is 9.79. The van der Waals surface area contributed by atoms with Gasteiger partial charge in [0.15, 0.2) is 5.78 Å². The summed E-state index contributed by atoms with van der Waals surface area (Å²) >= 11 is 0. The molecule has 2 N–H and O–H groups in total. The highest BCUT2D eigenvalue weighted by molar-refractivity contribution is 6.01. The van der Waals surface area contributed by atoms with Crippen molar-refractivity contribution in [1.29, 1.82) is 0 Å². The lowest BCUT2D eigenvalue weighted by atomic mass is 9.78. The zero-order valence-corrected chi connectivity index (χ0v) is 21.3. The number of hydrogen-bond donors (Lipinski definition) is 2. The number of fused-ring (bicyclic) bond motifs is 1. The highest BCUT2D eigenvalue weighted by Gasteiger charge is 2.36. The van der Waals surface area contributed by atoms with Crippen LogP contribution in [-0.2, 0) is 11.4 Å². The van der Waals surface area contributed by atoms with Crippen LogP contribution in [0, 0.1) is 0 Å². The number of benzene rings is 4. The summed E-state index contributed by atoms with van der Waals surface area (Å²) in [4.78, 5) is 13.8. The molecular formula is C33H30N2O3. The number of ketones is 1. The van der Waals surface area contributed by atoms with Gasteiger partial charge in [0.05, 0.1) is 24.5 Å². The molecule has 4 aromatic carbocycles. The molecule has 0 unspecified atom stereocenters. The van der Waals surface area contributed by atoms with Gasteiger partial charge in [-0.1, -0.05) is 66.7 Å². The van der Waals surface area contributed by atoms with Crippen LogP contribution in [0.25, 0.3) is 0 Å². The van der Waals surface area contributed by atoms with Crippen LogP contribution in [0.2, 0.25) is 0 Å².